The molecule has 1 unspecified atom stereocenters. The van der Waals surface area contributed by atoms with Gasteiger partial charge in [-0.3, -0.25) is 9.59 Å². The van der Waals surface area contributed by atoms with Crippen molar-refractivity contribution < 1.29 is 19.5 Å². The number of urea groups is 1. The molecule has 0 aromatic heterocycles. The van der Waals surface area contributed by atoms with E-state index in [9.17, 15) is 14.4 Å². The van der Waals surface area contributed by atoms with E-state index in [1.165, 1.54) is 0 Å². The van der Waals surface area contributed by atoms with Gasteiger partial charge in [0, 0.05) is 45.6 Å². The van der Waals surface area contributed by atoms with Gasteiger partial charge in [-0.15, -0.1) is 0 Å². The third-order valence-corrected chi connectivity index (χ3v) is 4.90. The van der Waals surface area contributed by atoms with Crippen molar-refractivity contribution in [3.05, 3.63) is 35.9 Å². The molecule has 1 aromatic rings. The lowest BCUT2D eigenvalue weighted by Crippen LogP contribution is -2.48. The number of benzene rings is 1. The van der Waals surface area contributed by atoms with E-state index in [0.717, 1.165) is 5.56 Å². The number of piperidine rings is 1. The minimum absolute atomic E-state index is 0.0214. The zero-order chi connectivity index (χ0) is 19.8. The summed E-state index contributed by atoms with van der Waals surface area (Å²) in [6.07, 6.45) is 2.28. The van der Waals surface area contributed by atoms with Crippen molar-refractivity contribution in [3.63, 3.8) is 0 Å². The zero-order valence-corrected chi connectivity index (χ0v) is 16.1. The number of aliphatic carboxylic acids is 1. The lowest BCUT2D eigenvalue weighted by atomic mass is 9.94. The quantitative estimate of drug-likeness (QED) is 0.762. The van der Waals surface area contributed by atoms with E-state index in [2.05, 4.69) is 5.32 Å². The highest BCUT2D eigenvalue weighted by molar-refractivity contribution is 5.80. The van der Waals surface area contributed by atoms with Crippen LogP contribution in [-0.2, 0) is 16.0 Å². The summed E-state index contributed by atoms with van der Waals surface area (Å²) in [4.78, 5) is 38.9. The van der Waals surface area contributed by atoms with Crippen LogP contribution in [0.4, 0.5) is 4.79 Å². The summed E-state index contributed by atoms with van der Waals surface area (Å²) in [6, 6.07) is 9.51. The Kier molecular flexibility index (Phi) is 7.64. The number of hydrogen-bond donors (Lipinski definition) is 2. The molecule has 1 aliphatic rings. The van der Waals surface area contributed by atoms with Crippen molar-refractivity contribution in [2.45, 2.75) is 38.1 Å². The van der Waals surface area contributed by atoms with E-state index in [1.54, 1.807) is 23.9 Å². The van der Waals surface area contributed by atoms with Gasteiger partial charge in [-0.1, -0.05) is 30.3 Å². The van der Waals surface area contributed by atoms with Gasteiger partial charge in [0.25, 0.3) is 0 Å². The molecule has 7 nitrogen and oxygen atoms in total. The molecule has 148 valence electrons. The molecule has 0 radical (unpaired) electrons. The van der Waals surface area contributed by atoms with Gasteiger partial charge in [0.2, 0.25) is 5.91 Å². The van der Waals surface area contributed by atoms with Crippen LogP contribution in [0.5, 0.6) is 0 Å². The Balaban J connectivity index is 1.91. The predicted octanol–water partition coefficient (Wildman–Crippen LogP) is 1.97. The minimum atomic E-state index is -0.863. The van der Waals surface area contributed by atoms with Crippen LogP contribution in [0.15, 0.2) is 30.3 Å². The summed E-state index contributed by atoms with van der Waals surface area (Å²) in [5.41, 5.74) is 1.07. The molecule has 1 heterocycles. The first-order valence-electron chi connectivity index (χ1n) is 9.39. The Bertz CT molecular complexity index is 640. The highest BCUT2D eigenvalue weighted by Crippen LogP contribution is 2.19. The molecule has 1 aliphatic heterocycles. The zero-order valence-electron chi connectivity index (χ0n) is 16.1. The first kappa shape index (κ1) is 20.7. The maximum atomic E-state index is 12.7. The lowest BCUT2D eigenvalue weighted by Gasteiger charge is -2.33. The van der Waals surface area contributed by atoms with Crippen LogP contribution in [-0.4, -0.2) is 66.0 Å². The van der Waals surface area contributed by atoms with Gasteiger partial charge in [-0.05, 0) is 31.2 Å². The van der Waals surface area contributed by atoms with Crippen molar-refractivity contribution >= 4 is 17.9 Å². The first-order chi connectivity index (χ1) is 12.9. The third kappa shape index (κ3) is 6.58. The number of carboxylic acid groups (broad SMARTS) is 1. The molecule has 1 fully saturated rings. The average molecular weight is 375 g/mol. The average Bonchev–Trinajstić information content (AvgIpc) is 2.66. The second kappa shape index (κ2) is 9.94. The van der Waals surface area contributed by atoms with Crippen LogP contribution in [0, 0.1) is 5.92 Å². The highest BCUT2D eigenvalue weighted by atomic mass is 16.4. The maximum absolute atomic E-state index is 12.7. The number of amides is 3. The smallest absolute Gasteiger partial charge is 0.319 e. The largest absolute Gasteiger partial charge is 0.481 e. The molecule has 0 saturated carbocycles. The number of hydrogen-bond acceptors (Lipinski definition) is 3. The van der Waals surface area contributed by atoms with Crippen molar-refractivity contribution in [3.8, 4) is 0 Å². The van der Waals surface area contributed by atoms with Gasteiger partial charge in [0.05, 0.1) is 0 Å². The second-order valence-electron chi connectivity index (χ2n) is 7.27. The maximum Gasteiger partial charge on any atom is 0.319 e. The summed E-state index contributed by atoms with van der Waals surface area (Å²) in [5, 5.41) is 12.0. The molecular formula is C20H29N3O4. The van der Waals surface area contributed by atoms with E-state index in [1.807, 2.05) is 30.3 Å². The van der Waals surface area contributed by atoms with Crippen molar-refractivity contribution in [2.75, 3.05) is 27.2 Å². The topological polar surface area (TPSA) is 90.0 Å². The molecule has 3 amide bonds. The molecule has 0 bridgehead atoms. The van der Waals surface area contributed by atoms with Gasteiger partial charge in [0.15, 0.2) is 0 Å². The highest BCUT2D eigenvalue weighted by Gasteiger charge is 2.29. The van der Waals surface area contributed by atoms with E-state index in [-0.39, 0.29) is 30.3 Å². The number of carbonyl (C=O) groups excluding carboxylic acids is 2. The van der Waals surface area contributed by atoms with Gasteiger partial charge < -0.3 is 20.2 Å². The van der Waals surface area contributed by atoms with Crippen molar-refractivity contribution in [1.82, 2.24) is 15.1 Å². The van der Waals surface area contributed by atoms with Gasteiger partial charge in [-0.25, -0.2) is 4.79 Å². The molecule has 27 heavy (non-hydrogen) atoms. The summed E-state index contributed by atoms with van der Waals surface area (Å²) in [7, 11) is 3.44. The monoisotopic (exact) mass is 375 g/mol. The Labute approximate surface area is 160 Å². The Hall–Kier alpha value is -2.57. The number of nitrogens with one attached hydrogen (secondary N) is 1. The number of carbonyl (C=O) groups is 3. The molecular weight excluding hydrogens is 346 g/mol. The minimum Gasteiger partial charge on any atom is -0.481 e. The van der Waals surface area contributed by atoms with E-state index < -0.39 is 5.97 Å². The molecule has 1 atom stereocenters. The predicted molar refractivity (Wildman–Crippen MR) is 102 cm³/mol. The van der Waals surface area contributed by atoms with Crippen LogP contribution in [0.1, 0.15) is 31.2 Å². The number of rotatable bonds is 7. The second-order valence-corrected chi connectivity index (χ2v) is 7.27. The number of nitrogens with zero attached hydrogens (tertiary/aromatic N) is 2. The first-order valence-corrected chi connectivity index (χ1v) is 9.39. The fraction of sp³-hybridized carbons (Fsp3) is 0.550. The van der Waals surface area contributed by atoms with Gasteiger partial charge in [-0.2, -0.15) is 0 Å². The SMILES string of the molecule is CN(C)C(=O)N1CCC(C(=O)NC(CCC(=O)O)Cc2ccccc2)CC1. The summed E-state index contributed by atoms with van der Waals surface area (Å²) >= 11 is 0. The number of likely N-dealkylation sites (tertiary alicyclic amines) is 1. The molecule has 0 spiro atoms. The number of carboxylic acids is 1. The summed E-state index contributed by atoms with van der Waals surface area (Å²) < 4.78 is 0. The fourth-order valence-electron chi connectivity index (χ4n) is 3.36. The van der Waals surface area contributed by atoms with E-state index >= 15 is 0 Å². The molecule has 7 heteroatoms. The molecule has 1 saturated heterocycles. The van der Waals surface area contributed by atoms with Gasteiger partial charge in [0.1, 0.15) is 0 Å². The van der Waals surface area contributed by atoms with E-state index in [0.29, 0.717) is 38.8 Å². The summed E-state index contributed by atoms with van der Waals surface area (Å²) in [5.74, 6) is -1.05. The van der Waals surface area contributed by atoms with Crippen LogP contribution in [0.2, 0.25) is 0 Å². The van der Waals surface area contributed by atoms with Crippen LogP contribution in [0.3, 0.4) is 0 Å². The fourth-order valence-corrected chi connectivity index (χ4v) is 3.36. The van der Waals surface area contributed by atoms with E-state index in [4.69, 9.17) is 5.11 Å². The Morgan fingerprint density at radius 2 is 1.81 bits per heavy atom. The normalized spacial score (nSPS) is 15.9. The van der Waals surface area contributed by atoms with Crippen molar-refractivity contribution in [2.24, 2.45) is 5.92 Å². The van der Waals surface area contributed by atoms with Crippen LogP contribution >= 0.6 is 0 Å². The Morgan fingerprint density at radius 3 is 2.37 bits per heavy atom. The Morgan fingerprint density at radius 1 is 1.19 bits per heavy atom. The molecule has 0 aliphatic carbocycles. The molecule has 2 N–H and O–H groups in total. The third-order valence-electron chi connectivity index (χ3n) is 4.90. The standard InChI is InChI=1S/C20H29N3O4/c1-22(2)20(27)23-12-10-16(11-13-23)19(26)21-17(8-9-18(24)25)14-15-6-4-3-5-7-15/h3-7,16-17H,8-14H2,1-2H3,(H,21,26)(H,24,25). The van der Waals surface area contributed by atoms with Crippen LogP contribution in [0.25, 0.3) is 0 Å². The summed E-state index contributed by atoms with van der Waals surface area (Å²) in [6.45, 7) is 1.13. The van der Waals surface area contributed by atoms with Gasteiger partial charge >= 0.3 is 12.0 Å². The molecule has 2 rings (SSSR count). The molecule has 1 aromatic carbocycles. The van der Waals surface area contributed by atoms with Crippen LogP contribution < -0.4 is 5.32 Å². The van der Waals surface area contributed by atoms with Crippen molar-refractivity contribution in [1.29, 1.82) is 0 Å². The lowest BCUT2D eigenvalue weighted by molar-refractivity contribution is -0.137.